The normalized spacial score (nSPS) is 10.8. The van der Waals surface area contributed by atoms with E-state index in [-0.39, 0.29) is 0 Å². The number of thiophene rings is 1. The highest BCUT2D eigenvalue weighted by Crippen LogP contribution is 2.40. The smallest absolute Gasteiger partial charge is 0.153 e. The molecule has 3 N–H and O–H groups in total. The van der Waals surface area contributed by atoms with Gasteiger partial charge in [0.15, 0.2) is 5.82 Å². The van der Waals surface area contributed by atoms with Crippen molar-refractivity contribution in [2.45, 2.75) is 6.92 Å². The highest BCUT2D eigenvalue weighted by molar-refractivity contribution is 9.10. The summed E-state index contributed by atoms with van der Waals surface area (Å²) in [6.45, 7) is 2.07. The number of aryl methyl sites for hydroxylation is 1. The van der Waals surface area contributed by atoms with Crippen LogP contribution in [0.4, 0.5) is 5.82 Å². The molecule has 2 aromatic heterocycles. The molecule has 0 aliphatic carbocycles. The molecule has 0 fully saturated rings. The third-order valence-corrected chi connectivity index (χ3v) is 4.80. The number of hydrogen-bond donors (Lipinski definition) is 2. The maximum Gasteiger partial charge on any atom is 0.153 e. The Balaban J connectivity index is 2.22. The maximum absolute atomic E-state index is 6.03. The summed E-state index contributed by atoms with van der Waals surface area (Å²) in [6, 6.07) is 10.3. The predicted molar refractivity (Wildman–Crippen MR) is 84.2 cm³/mol. The molecule has 2 heterocycles. The van der Waals surface area contributed by atoms with Crippen LogP contribution in [0.5, 0.6) is 0 Å². The van der Waals surface area contributed by atoms with Gasteiger partial charge in [-0.1, -0.05) is 29.8 Å². The molecule has 0 unspecified atom stereocenters. The van der Waals surface area contributed by atoms with Crippen molar-refractivity contribution >= 4 is 33.1 Å². The van der Waals surface area contributed by atoms with Crippen molar-refractivity contribution in [1.82, 2.24) is 10.2 Å². The van der Waals surface area contributed by atoms with E-state index < -0.39 is 0 Å². The Morgan fingerprint density at radius 1 is 1.32 bits per heavy atom. The van der Waals surface area contributed by atoms with Gasteiger partial charge in [0.1, 0.15) is 0 Å². The lowest BCUT2D eigenvalue weighted by molar-refractivity contribution is 1.10. The molecule has 3 nitrogen and oxygen atoms in total. The number of nitrogen functional groups attached to an aromatic ring is 1. The van der Waals surface area contributed by atoms with E-state index in [1.54, 1.807) is 11.3 Å². The number of rotatable bonds is 2. The standard InChI is InChI=1S/C14H12BrN3S/c1-8-3-2-4-9(7-8)11-12(17-18-14(11)16)13-10(15)5-6-19-13/h2-7H,1H3,(H3,16,17,18). The second-order valence-corrected chi connectivity index (χ2v) is 6.10. The highest BCUT2D eigenvalue weighted by Gasteiger charge is 2.17. The largest absolute Gasteiger partial charge is 0.382 e. The van der Waals surface area contributed by atoms with Crippen LogP contribution in [0, 0.1) is 6.92 Å². The minimum Gasteiger partial charge on any atom is -0.382 e. The fourth-order valence-electron chi connectivity index (χ4n) is 2.09. The van der Waals surface area contributed by atoms with Crippen LogP contribution in [-0.2, 0) is 0 Å². The topological polar surface area (TPSA) is 54.7 Å². The van der Waals surface area contributed by atoms with Crippen molar-refractivity contribution in [2.75, 3.05) is 5.73 Å². The van der Waals surface area contributed by atoms with Crippen molar-refractivity contribution in [3.63, 3.8) is 0 Å². The van der Waals surface area contributed by atoms with E-state index in [0.717, 1.165) is 26.2 Å². The van der Waals surface area contributed by atoms with E-state index in [2.05, 4.69) is 51.3 Å². The van der Waals surface area contributed by atoms with Crippen LogP contribution in [0.3, 0.4) is 0 Å². The first-order valence-corrected chi connectivity index (χ1v) is 7.48. The van der Waals surface area contributed by atoms with Crippen molar-refractivity contribution < 1.29 is 0 Å². The molecule has 3 rings (SSSR count). The Labute approximate surface area is 123 Å². The lowest BCUT2D eigenvalue weighted by Gasteiger charge is -2.04. The van der Waals surface area contributed by atoms with E-state index in [1.165, 1.54) is 5.56 Å². The zero-order valence-electron chi connectivity index (χ0n) is 10.3. The Morgan fingerprint density at radius 2 is 2.16 bits per heavy atom. The van der Waals surface area contributed by atoms with Crippen molar-refractivity contribution in [3.05, 3.63) is 45.7 Å². The van der Waals surface area contributed by atoms with Gasteiger partial charge in [-0.15, -0.1) is 11.3 Å². The molecule has 19 heavy (non-hydrogen) atoms. The third-order valence-electron chi connectivity index (χ3n) is 2.95. The molecule has 5 heteroatoms. The van der Waals surface area contributed by atoms with Crippen LogP contribution < -0.4 is 5.73 Å². The summed E-state index contributed by atoms with van der Waals surface area (Å²) in [4.78, 5) is 1.11. The summed E-state index contributed by atoms with van der Waals surface area (Å²) < 4.78 is 1.05. The summed E-state index contributed by atoms with van der Waals surface area (Å²) in [7, 11) is 0. The first-order chi connectivity index (χ1) is 9.16. The molecule has 0 saturated heterocycles. The predicted octanol–water partition coefficient (Wildman–Crippen LogP) is 4.46. The van der Waals surface area contributed by atoms with E-state index in [0.29, 0.717) is 5.82 Å². The molecule has 0 amide bonds. The highest BCUT2D eigenvalue weighted by atomic mass is 79.9. The van der Waals surface area contributed by atoms with Gasteiger partial charge >= 0.3 is 0 Å². The Bertz CT molecular complexity index is 730. The van der Waals surface area contributed by atoms with Crippen molar-refractivity contribution in [1.29, 1.82) is 0 Å². The number of nitrogens with one attached hydrogen (secondary N) is 1. The number of benzene rings is 1. The summed E-state index contributed by atoms with van der Waals surface area (Å²) >= 11 is 5.21. The second-order valence-electron chi connectivity index (χ2n) is 4.33. The number of nitrogens with zero attached hydrogens (tertiary/aromatic N) is 1. The van der Waals surface area contributed by atoms with Gasteiger partial charge < -0.3 is 5.73 Å². The van der Waals surface area contributed by atoms with E-state index in [1.807, 2.05) is 17.5 Å². The molecular weight excluding hydrogens is 322 g/mol. The van der Waals surface area contributed by atoms with E-state index in [9.17, 15) is 0 Å². The fraction of sp³-hybridized carbons (Fsp3) is 0.0714. The monoisotopic (exact) mass is 333 g/mol. The minimum absolute atomic E-state index is 0.529. The van der Waals surface area contributed by atoms with Crippen molar-refractivity contribution in [3.8, 4) is 21.7 Å². The molecule has 96 valence electrons. The summed E-state index contributed by atoms with van der Waals surface area (Å²) in [5, 5.41) is 9.24. The fourth-order valence-corrected chi connectivity index (χ4v) is 3.66. The van der Waals surface area contributed by atoms with Crippen LogP contribution in [-0.4, -0.2) is 10.2 Å². The molecule has 1 aromatic carbocycles. The molecule has 0 radical (unpaired) electrons. The van der Waals surface area contributed by atoms with Gasteiger partial charge in [-0.3, -0.25) is 5.10 Å². The van der Waals surface area contributed by atoms with Crippen molar-refractivity contribution in [2.24, 2.45) is 0 Å². The third kappa shape index (κ3) is 2.19. The van der Waals surface area contributed by atoms with Crippen LogP contribution in [0.1, 0.15) is 5.56 Å². The molecule has 0 spiro atoms. The quantitative estimate of drug-likeness (QED) is 0.727. The zero-order chi connectivity index (χ0) is 13.4. The number of hydrogen-bond acceptors (Lipinski definition) is 3. The van der Waals surface area contributed by atoms with Crippen LogP contribution in [0.25, 0.3) is 21.7 Å². The van der Waals surface area contributed by atoms with Gasteiger partial charge in [-0.2, -0.15) is 5.10 Å². The van der Waals surface area contributed by atoms with Crippen LogP contribution in [0.15, 0.2) is 40.2 Å². The van der Waals surface area contributed by atoms with E-state index >= 15 is 0 Å². The molecule has 0 saturated carbocycles. The number of aromatic nitrogens is 2. The zero-order valence-corrected chi connectivity index (χ0v) is 12.7. The van der Waals surface area contributed by atoms with E-state index in [4.69, 9.17) is 5.73 Å². The van der Waals surface area contributed by atoms with Gasteiger partial charge in [0, 0.05) is 4.47 Å². The number of nitrogens with two attached hydrogens (primary N) is 1. The molecule has 0 atom stereocenters. The lowest BCUT2D eigenvalue weighted by atomic mass is 10.0. The Kier molecular flexibility index (Phi) is 3.16. The average molecular weight is 334 g/mol. The average Bonchev–Trinajstić information content (AvgIpc) is 2.95. The van der Waals surface area contributed by atoms with Gasteiger partial charge in [0.25, 0.3) is 0 Å². The molecule has 0 aliphatic heterocycles. The van der Waals surface area contributed by atoms with Gasteiger partial charge in [0.2, 0.25) is 0 Å². The summed E-state index contributed by atoms with van der Waals surface area (Å²) in [5.41, 5.74) is 10.2. The molecular formula is C14H12BrN3S. The van der Waals surface area contributed by atoms with Gasteiger partial charge in [-0.25, -0.2) is 0 Å². The molecule has 3 aromatic rings. The van der Waals surface area contributed by atoms with Crippen LogP contribution >= 0.6 is 27.3 Å². The molecule has 0 bridgehead atoms. The number of H-pyrrole nitrogens is 1. The summed E-state index contributed by atoms with van der Waals surface area (Å²) in [5.74, 6) is 0.529. The number of anilines is 1. The number of halogens is 1. The van der Waals surface area contributed by atoms with Gasteiger partial charge in [-0.05, 0) is 39.9 Å². The number of aromatic amines is 1. The Morgan fingerprint density at radius 3 is 2.84 bits per heavy atom. The second kappa shape index (κ2) is 4.83. The molecule has 0 aliphatic rings. The SMILES string of the molecule is Cc1cccc(-c2c(N)n[nH]c2-c2sccc2Br)c1. The minimum atomic E-state index is 0.529. The first-order valence-electron chi connectivity index (χ1n) is 5.81. The lowest BCUT2D eigenvalue weighted by Crippen LogP contribution is -1.89. The Hall–Kier alpha value is -1.59. The first kappa shape index (κ1) is 12.4. The van der Waals surface area contributed by atoms with Gasteiger partial charge in [0.05, 0.1) is 16.1 Å². The van der Waals surface area contributed by atoms with Crippen LogP contribution in [0.2, 0.25) is 0 Å². The summed E-state index contributed by atoms with van der Waals surface area (Å²) in [6.07, 6.45) is 0. The maximum atomic E-state index is 6.03.